The minimum Gasteiger partial charge on any atom is -0.371 e. The molecule has 0 spiro atoms. The van der Waals surface area contributed by atoms with E-state index in [1.54, 1.807) is 17.0 Å². The highest BCUT2D eigenvalue weighted by atomic mass is 79.9. The molecule has 1 aromatic rings. The first-order valence-corrected chi connectivity index (χ1v) is 5.90. The fourth-order valence-electron chi connectivity index (χ4n) is 2.01. The van der Waals surface area contributed by atoms with E-state index in [-0.39, 0.29) is 4.47 Å². The van der Waals surface area contributed by atoms with Gasteiger partial charge in [0.05, 0.1) is 11.3 Å². The van der Waals surface area contributed by atoms with Crippen molar-refractivity contribution in [3.63, 3.8) is 0 Å². The van der Waals surface area contributed by atoms with Crippen molar-refractivity contribution in [1.29, 1.82) is 0 Å². The zero-order valence-electron chi connectivity index (χ0n) is 8.52. The van der Waals surface area contributed by atoms with Crippen LogP contribution in [0.15, 0.2) is 22.7 Å². The number of alkyl halides is 3. The van der Waals surface area contributed by atoms with E-state index in [2.05, 4.69) is 15.9 Å². The van der Waals surface area contributed by atoms with Gasteiger partial charge in [-0.05, 0) is 25.0 Å². The molecule has 1 heterocycles. The van der Waals surface area contributed by atoms with Gasteiger partial charge in [0, 0.05) is 17.6 Å². The summed E-state index contributed by atoms with van der Waals surface area (Å²) in [6, 6.07) is 4.62. The first-order chi connectivity index (χ1) is 7.50. The number of anilines is 1. The lowest BCUT2D eigenvalue weighted by Crippen LogP contribution is -2.22. The van der Waals surface area contributed by atoms with E-state index in [0.717, 1.165) is 12.8 Å². The van der Waals surface area contributed by atoms with E-state index in [0.29, 0.717) is 18.8 Å². The molecule has 0 N–H and O–H groups in total. The summed E-state index contributed by atoms with van der Waals surface area (Å²) in [6.45, 7) is 1.42. The molecule has 5 heteroatoms. The van der Waals surface area contributed by atoms with Crippen LogP contribution in [-0.4, -0.2) is 13.1 Å². The number of hydrogen-bond donors (Lipinski definition) is 0. The van der Waals surface area contributed by atoms with Crippen molar-refractivity contribution in [2.75, 3.05) is 18.0 Å². The van der Waals surface area contributed by atoms with Crippen LogP contribution >= 0.6 is 15.9 Å². The van der Waals surface area contributed by atoms with Crippen LogP contribution in [0.5, 0.6) is 0 Å². The molecule has 0 aliphatic carbocycles. The molecule has 0 aromatic heterocycles. The lowest BCUT2D eigenvalue weighted by molar-refractivity contribution is -0.137. The second kappa shape index (κ2) is 4.28. The molecule has 0 bridgehead atoms. The van der Waals surface area contributed by atoms with Gasteiger partial charge in [0.25, 0.3) is 0 Å². The van der Waals surface area contributed by atoms with Gasteiger partial charge in [0.1, 0.15) is 0 Å². The maximum Gasteiger partial charge on any atom is 0.419 e. The number of hydrogen-bond acceptors (Lipinski definition) is 1. The van der Waals surface area contributed by atoms with E-state index in [1.807, 2.05) is 0 Å². The van der Waals surface area contributed by atoms with Crippen LogP contribution in [-0.2, 0) is 6.18 Å². The molecule has 1 aliphatic rings. The van der Waals surface area contributed by atoms with Crippen molar-refractivity contribution in [2.24, 2.45) is 0 Å². The van der Waals surface area contributed by atoms with Crippen LogP contribution in [0.1, 0.15) is 18.4 Å². The molecule has 0 atom stereocenters. The van der Waals surface area contributed by atoms with E-state index in [9.17, 15) is 13.2 Å². The standard InChI is InChI=1S/C11H11BrF3N/c12-8-4-3-5-9(10(8)11(13,14)15)16-6-1-2-7-16/h3-5H,1-2,6-7H2. The van der Waals surface area contributed by atoms with Gasteiger partial charge in [-0.3, -0.25) is 0 Å². The molecule has 0 amide bonds. The highest BCUT2D eigenvalue weighted by Crippen LogP contribution is 2.41. The summed E-state index contributed by atoms with van der Waals surface area (Å²) in [5, 5.41) is 0. The maximum atomic E-state index is 12.9. The molecule has 1 aromatic carbocycles. The number of halogens is 4. The summed E-state index contributed by atoms with van der Waals surface area (Å²) in [6.07, 6.45) is -2.38. The summed E-state index contributed by atoms with van der Waals surface area (Å²) < 4.78 is 38.8. The third-order valence-electron chi connectivity index (χ3n) is 2.72. The van der Waals surface area contributed by atoms with Crippen molar-refractivity contribution < 1.29 is 13.2 Å². The molecule has 1 aliphatic heterocycles. The lowest BCUT2D eigenvalue weighted by atomic mass is 10.1. The largest absolute Gasteiger partial charge is 0.419 e. The Bertz CT molecular complexity index is 383. The SMILES string of the molecule is FC(F)(F)c1c(Br)cccc1N1CCCC1. The Labute approximate surface area is 100 Å². The minimum atomic E-state index is -4.31. The molecule has 2 rings (SSSR count). The van der Waals surface area contributed by atoms with E-state index < -0.39 is 11.7 Å². The van der Waals surface area contributed by atoms with E-state index in [4.69, 9.17) is 0 Å². The van der Waals surface area contributed by atoms with Gasteiger partial charge in [-0.2, -0.15) is 13.2 Å². The van der Waals surface area contributed by atoms with Crippen molar-refractivity contribution in [2.45, 2.75) is 19.0 Å². The van der Waals surface area contributed by atoms with Crippen LogP contribution in [0.3, 0.4) is 0 Å². The van der Waals surface area contributed by atoms with Crippen molar-refractivity contribution in [3.8, 4) is 0 Å². The zero-order chi connectivity index (χ0) is 11.8. The average molecular weight is 294 g/mol. The van der Waals surface area contributed by atoms with Gasteiger partial charge in [0.15, 0.2) is 0 Å². The second-order valence-electron chi connectivity index (χ2n) is 3.83. The Kier molecular flexibility index (Phi) is 3.15. The van der Waals surface area contributed by atoms with E-state index >= 15 is 0 Å². The zero-order valence-corrected chi connectivity index (χ0v) is 10.1. The van der Waals surface area contributed by atoms with E-state index in [1.165, 1.54) is 6.07 Å². The van der Waals surface area contributed by atoms with Gasteiger partial charge in [-0.1, -0.05) is 22.0 Å². The number of benzene rings is 1. The monoisotopic (exact) mass is 293 g/mol. The van der Waals surface area contributed by atoms with Crippen LogP contribution in [0, 0.1) is 0 Å². The quantitative estimate of drug-likeness (QED) is 0.754. The Balaban J connectivity index is 2.47. The van der Waals surface area contributed by atoms with Gasteiger partial charge < -0.3 is 4.90 Å². The Morgan fingerprint density at radius 3 is 2.31 bits per heavy atom. The third-order valence-corrected chi connectivity index (χ3v) is 3.38. The summed E-state index contributed by atoms with van der Waals surface area (Å²) in [5.74, 6) is 0. The number of rotatable bonds is 1. The van der Waals surface area contributed by atoms with Crippen LogP contribution in [0.4, 0.5) is 18.9 Å². The van der Waals surface area contributed by atoms with Crippen LogP contribution in [0.25, 0.3) is 0 Å². The average Bonchev–Trinajstić information content (AvgIpc) is 2.67. The van der Waals surface area contributed by atoms with Crippen molar-refractivity contribution in [1.82, 2.24) is 0 Å². The Hall–Kier alpha value is -0.710. The highest BCUT2D eigenvalue weighted by Gasteiger charge is 2.37. The fraction of sp³-hybridized carbons (Fsp3) is 0.455. The third kappa shape index (κ3) is 2.19. The summed E-state index contributed by atoms with van der Waals surface area (Å²) in [7, 11) is 0. The van der Waals surface area contributed by atoms with Crippen LogP contribution < -0.4 is 4.90 Å². The van der Waals surface area contributed by atoms with Crippen LogP contribution in [0.2, 0.25) is 0 Å². The Morgan fingerprint density at radius 2 is 1.75 bits per heavy atom. The summed E-state index contributed by atoms with van der Waals surface area (Å²) in [4.78, 5) is 1.80. The molecular formula is C11H11BrF3N. The van der Waals surface area contributed by atoms with Gasteiger partial charge >= 0.3 is 6.18 Å². The van der Waals surface area contributed by atoms with Crippen molar-refractivity contribution >= 4 is 21.6 Å². The maximum absolute atomic E-state index is 12.9. The normalized spacial score (nSPS) is 16.9. The van der Waals surface area contributed by atoms with Gasteiger partial charge in [-0.15, -0.1) is 0 Å². The molecule has 0 unspecified atom stereocenters. The molecular weight excluding hydrogens is 283 g/mol. The molecule has 1 nitrogen and oxygen atoms in total. The molecule has 0 radical (unpaired) electrons. The molecule has 0 saturated carbocycles. The first-order valence-electron chi connectivity index (χ1n) is 5.11. The predicted octanol–water partition coefficient (Wildman–Crippen LogP) is 4.07. The first kappa shape index (κ1) is 11.8. The molecule has 16 heavy (non-hydrogen) atoms. The summed E-state index contributed by atoms with van der Waals surface area (Å²) in [5.41, 5.74) is -0.267. The van der Waals surface area contributed by atoms with Crippen molar-refractivity contribution in [3.05, 3.63) is 28.2 Å². The number of nitrogens with zero attached hydrogens (tertiary/aromatic N) is 1. The highest BCUT2D eigenvalue weighted by molar-refractivity contribution is 9.10. The topological polar surface area (TPSA) is 3.24 Å². The van der Waals surface area contributed by atoms with Gasteiger partial charge in [-0.25, -0.2) is 0 Å². The minimum absolute atomic E-state index is 0.115. The van der Waals surface area contributed by atoms with Gasteiger partial charge in [0.2, 0.25) is 0 Å². The Morgan fingerprint density at radius 1 is 1.12 bits per heavy atom. The molecule has 1 saturated heterocycles. The smallest absolute Gasteiger partial charge is 0.371 e. The summed E-state index contributed by atoms with van der Waals surface area (Å²) >= 11 is 2.98. The predicted molar refractivity (Wildman–Crippen MR) is 60.6 cm³/mol. The molecule has 1 fully saturated rings. The second-order valence-corrected chi connectivity index (χ2v) is 4.68. The fourth-order valence-corrected chi connectivity index (χ4v) is 2.60. The molecule has 88 valence electrons. The lowest BCUT2D eigenvalue weighted by Gasteiger charge is -2.23.